The Kier molecular flexibility index (Phi) is 4.91. The highest BCUT2D eigenvalue weighted by Crippen LogP contribution is 2.58. The molecule has 2 aliphatic carbocycles. The maximum Gasteiger partial charge on any atom is 0.338 e. The number of aliphatic hydroxyl groups is 1. The molecule has 1 saturated carbocycles. The molecular formula is C22H30O4. The van der Waals surface area contributed by atoms with Gasteiger partial charge >= 0.3 is 5.97 Å². The number of phenols is 1. The zero-order valence-corrected chi connectivity index (χ0v) is 16.2. The van der Waals surface area contributed by atoms with Crippen molar-refractivity contribution in [2.24, 2.45) is 17.3 Å². The number of benzene rings is 1. The number of rotatable bonds is 3. The molecule has 2 aliphatic rings. The molecule has 0 aliphatic heterocycles. The highest BCUT2D eigenvalue weighted by molar-refractivity contribution is 5.89. The minimum absolute atomic E-state index is 0.0727. The van der Waals surface area contributed by atoms with Gasteiger partial charge in [-0.25, -0.2) is 4.79 Å². The number of allylic oxidation sites excluding steroid dienone is 1. The van der Waals surface area contributed by atoms with E-state index in [2.05, 4.69) is 33.8 Å². The zero-order chi connectivity index (χ0) is 19.1. The smallest absolute Gasteiger partial charge is 0.338 e. The minimum Gasteiger partial charge on any atom is -0.508 e. The van der Waals surface area contributed by atoms with Crippen molar-refractivity contribution in [3.8, 4) is 5.75 Å². The van der Waals surface area contributed by atoms with E-state index in [1.807, 2.05) is 0 Å². The molecule has 4 nitrogen and oxygen atoms in total. The Morgan fingerprint density at radius 2 is 1.88 bits per heavy atom. The van der Waals surface area contributed by atoms with Crippen molar-refractivity contribution in [2.45, 2.75) is 65.1 Å². The van der Waals surface area contributed by atoms with E-state index < -0.39 is 11.6 Å². The summed E-state index contributed by atoms with van der Waals surface area (Å²) < 4.78 is 5.97. The van der Waals surface area contributed by atoms with Gasteiger partial charge in [0.1, 0.15) is 11.9 Å². The molecule has 26 heavy (non-hydrogen) atoms. The van der Waals surface area contributed by atoms with Gasteiger partial charge < -0.3 is 14.9 Å². The average molecular weight is 358 g/mol. The number of carbonyl (C=O) groups is 1. The third-order valence-electron chi connectivity index (χ3n) is 6.56. The van der Waals surface area contributed by atoms with Crippen LogP contribution >= 0.6 is 0 Å². The molecule has 4 heteroatoms. The first-order valence-corrected chi connectivity index (χ1v) is 9.54. The molecular weight excluding hydrogens is 328 g/mol. The summed E-state index contributed by atoms with van der Waals surface area (Å²) in [5, 5.41) is 20.9. The molecule has 2 N–H and O–H groups in total. The van der Waals surface area contributed by atoms with E-state index in [0.29, 0.717) is 12.0 Å². The van der Waals surface area contributed by atoms with Crippen molar-refractivity contribution in [3.05, 3.63) is 41.5 Å². The van der Waals surface area contributed by atoms with E-state index in [9.17, 15) is 15.0 Å². The maximum atomic E-state index is 12.7. The fourth-order valence-electron chi connectivity index (χ4n) is 4.89. The van der Waals surface area contributed by atoms with E-state index in [4.69, 9.17) is 4.74 Å². The lowest BCUT2D eigenvalue weighted by Gasteiger charge is -2.43. The first-order valence-electron chi connectivity index (χ1n) is 9.54. The molecule has 1 aromatic carbocycles. The summed E-state index contributed by atoms with van der Waals surface area (Å²) in [7, 11) is 0. The highest BCUT2D eigenvalue weighted by atomic mass is 16.5. The van der Waals surface area contributed by atoms with Gasteiger partial charge in [0.05, 0.1) is 11.2 Å². The third kappa shape index (κ3) is 3.27. The van der Waals surface area contributed by atoms with Gasteiger partial charge in [-0.1, -0.05) is 32.4 Å². The number of fused-ring (bicyclic) bond motifs is 1. The van der Waals surface area contributed by atoms with Crippen molar-refractivity contribution < 1.29 is 19.7 Å². The molecule has 0 unspecified atom stereocenters. The molecule has 1 fully saturated rings. The van der Waals surface area contributed by atoms with Crippen LogP contribution in [0.5, 0.6) is 5.75 Å². The number of aromatic hydroxyl groups is 1. The first kappa shape index (κ1) is 19.0. The van der Waals surface area contributed by atoms with Crippen LogP contribution in [-0.4, -0.2) is 27.9 Å². The van der Waals surface area contributed by atoms with Crippen molar-refractivity contribution >= 4 is 5.97 Å². The minimum atomic E-state index is -0.826. The first-order chi connectivity index (χ1) is 12.2. The Labute approximate surface area is 155 Å². The molecule has 0 bridgehead atoms. The third-order valence-corrected chi connectivity index (χ3v) is 6.56. The normalized spacial score (nSPS) is 34.2. The van der Waals surface area contributed by atoms with Crippen molar-refractivity contribution in [2.75, 3.05) is 0 Å². The Balaban J connectivity index is 1.92. The number of carbonyl (C=O) groups excluding carboxylic acids is 1. The lowest BCUT2D eigenvalue weighted by Crippen LogP contribution is -2.50. The average Bonchev–Trinajstić information content (AvgIpc) is 2.78. The number of hydrogen-bond donors (Lipinski definition) is 2. The summed E-state index contributed by atoms with van der Waals surface area (Å²) in [4.78, 5) is 12.7. The Hall–Kier alpha value is -1.81. The second kappa shape index (κ2) is 6.73. The largest absolute Gasteiger partial charge is 0.508 e. The van der Waals surface area contributed by atoms with Crippen LogP contribution in [0.25, 0.3) is 0 Å². The predicted octanol–water partition coefficient (Wildman–Crippen LogP) is 4.46. The maximum absolute atomic E-state index is 12.7. The lowest BCUT2D eigenvalue weighted by atomic mass is 9.67. The van der Waals surface area contributed by atoms with Gasteiger partial charge in [-0.05, 0) is 61.8 Å². The summed E-state index contributed by atoms with van der Waals surface area (Å²) in [6.07, 6.45) is 5.13. The predicted molar refractivity (Wildman–Crippen MR) is 101 cm³/mol. The molecule has 3 rings (SSSR count). The molecule has 142 valence electrons. The SMILES string of the molecule is CC1=CC[C@]2(C)CC[C@](O)(C(C)C)[C@H]2[C@H](OC(=O)c2ccc(O)cc2)C1. The Morgan fingerprint density at radius 3 is 2.50 bits per heavy atom. The molecule has 0 spiro atoms. The fraction of sp³-hybridized carbons (Fsp3) is 0.591. The molecule has 0 aromatic heterocycles. The van der Waals surface area contributed by atoms with E-state index in [1.165, 1.54) is 17.7 Å². The fourth-order valence-corrected chi connectivity index (χ4v) is 4.89. The second-order valence-corrected chi connectivity index (χ2v) is 8.73. The molecule has 0 saturated heterocycles. The van der Waals surface area contributed by atoms with Gasteiger partial charge in [0.2, 0.25) is 0 Å². The lowest BCUT2D eigenvalue weighted by molar-refractivity contribution is -0.112. The molecule has 0 radical (unpaired) electrons. The van der Waals surface area contributed by atoms with Crippen molar-refractivity contribution in [1.29, 1.82) is 0 Å². The van der Waals surface area contributed by atoms with Crippen LogP contribution in [0.1, 0.15) is 63.7 Å². The van der Waals surface area contributed by atoms with Crippen LogP contribution in [0.4, 0.5) is 0 Å². The molecule has 0 heterocycles. The van der Waals surface area contributed by atoms with Crippen LogP contribution in [0.3, 0.4) is 0 Å². The molecule has 1 aromatic rings. The van der Waals surface area contributed by atoms with E-state index in [-0.39, 0.29) is 29.1 Å². The second-order valence-electron chi connectivity index (χ2n) is 8.73. The van der Waals surface area contributed by atoms with Crippen LogP contribution in [0.15, 0.2) is 35.9 Å². The van der Waals surface area contributed by atoms with Crippen LogP contribution in [-0.2, 0) is 4.74 Å². The highest BCUT2D eigenvalue weighted by Gasteiger charge is 2.59. The topological polar surface area (TPSA) is 66.8 Å². The van der Waals surface area contributed by atoms with E-state index in [1.54, 1.807) is 12.1 Å². The standard InChI is InChI=1S/C22H30O4/c1-14(2)22(25)12-11-21(4)10-9-15(3)13-18(19(21)22)26-20(24)16-5-7-17(23)8-6-16/h5-9,14,18-19,23,25H,10-13H2,1-4H3/t18-,19+,21-,22+/m1/s1. The summed E-state index contributed by atoms with van der Waals surface area (Å²) in [6, 6.07) is 6.11. The molecule has 4 atom stereocenters. The Bertz CT molecular complexity index is 705. The quantitative estimate of drug-likeness (QED) is 0.618. The Morgan fingerprint density at radius 1 is 1.23 bits per heavy atom. The number of ether oxygens (including phenoxy) is 1. The summed E-state index contributed by atoms with van der Waals surface area (Å²) in [5.41, 5.74) is 0.723. The van der Waals surface area contributed by atoms with Crippen molar-refractivity contribution in [3.63, 3.8) is 0 Å². The number of hydrogen-bond acceptors (Lipinski definition) is 4. The van der Waals surface area contributed by atoms with Gasteiger partial charge in [-0.15, -0.1) is 0 Å². The van der Waals surface area contributed by atoms with Crippen LogP contribution in [0.2, 0.25) is 0 Å². The van der Waals surface area contributed by atoms with Crippen LogP contribution < -0.4 is 0 Å². The van der Waals surface area contributed by atoms with Gasteiger partial charge in [-0.3, -0.25) is 0 Å². The summed E-state index contributed by atoms with van der Waals surface area (Å²) >= 11 is 0. The summed E-state index contributed by atoms with van der Waals surface area (Å²) in [5.74, 6) is -0.273. The van der Waals surface area contributed by atoms with Gasteiger partial charge in [0.25, 0.3) is 0 Å². The van der Waals surface area contributed by atoms with Crippen LogP contribution in [0, 0.1) is 17.3 Å². The summed E-state index contributed by atoms with van der Waals surface area (Å²) in [6.45, 7) is 8.39. The van der Waals surface area contributed by atoms with Gasteiger partial charge in [-0.2, -0.15) is 0 Å². The molecule has 0 amide bonds. The van der Waals surface area contributed by atoms with Crippen molar-refractivity contribution in [1.82, 2.24) is 0 Å². The van der Waals surface area contributed by atoms with Gasteiger partial charge in [0, 0.05) is 12.3 Å². The van der Waals surface area contributed by atoms with E-state index >= 15 is 0 Å². The van der Waals surface area contributed by atoms with E-state index in [0.717, 1.165) is 19.3 Å². The monoisotopic (exact) mass is 358 g/mol. The number of esters is 1. The van der Waals surface area contributed by atoms with Gasteiger partial charge in [0.15, 0.2) is 0 Å². The number of phenolic OH excluding ortho intramolecular Hbond substituents is 1. The zero-order valence-electron chi connectivity index (χ0n) is 16.2.